The standard InChI is InChI=1S/C17H23N3OS/c1-4-18-17(19-11-15-9-10-22-13-15)20(2)12-14-5-7-16(21-3)8-6-14/h5-10,13H,4,11-12H2,1-3H3,(H,18,19). The van der Waals surface area contributed by atoms with Crippen LogP contribution in [0.15, 0.2) is 46.1 Å². The third kappa shape index (κ3) is 4.77. The van der Waals surface area contributed by atoms with Crippen LogP contribution in [0.2, 0.25) is 0 Å². The van der Waals surface area contributed by atoms with Gasteiger partial charge in [0.25, 0.3) is 0 Å². The van der Waals surface area contributed by atoms with Crippen LogP contribution in [0, 0.1) is 0 Å². The average molecular weight is 317 g/mol. The van der Waals surface area contributed by atoms with Crippen LogP contribution in [0.25, 0.3) is 0 Å². The first-order valence-electron chi connectivity index (χ1n) is 7.36. The number of rotatable bonds is 6. The third-order valence-corrected chi connectivity index (χ3v) is 4.00. The molecular weight excluding hydrogens is 294 g/mol. The van der Waals surface area contributed by atoms with Crippen molar-refractivity contribution in [1.29, 1.82) is 0 Å². The molecule has 0 aliphatic heterocycles. The molecule has 0 fully saturated rings. The molecule has 1 aromatic heterocycles. The lowest BCUT2D eigenvalue weighted by Gasteiger charge is -2.22. The van der Waals surface area contributed by atoms with Crippen molar-refractivity contribution in [2.75, 3.05) is 20.7 Å². The second kappa shape index (κ2) is 8.44. The molecule has 1 aromatic carbocycles. The van der Waals surface area contributed by atoms with Crippen LogP contribution in [0.4, 0.5) is 0 Å². The van der Waals surface area contributed by atoms with E-state index in [0.29, 0.717) is 6.54 Å². The van der Waals surface area contributed by atoms with Crippen molar-refractivity contribution in [1.82, 2.24) is 10.2 Å². The topological polar surface area (TPSA) is 36.9 Å². The normalized spacial score (nSPS) is 11.3. The minimum Gasteiger partial charge on any atom is -0.497 e. The summed E-state index contributed by atoms with van der Waals surface area (Å²) in [5, 5.41) is 7.56. The lowest BCUT2D eigenvalue weighted by Crippen LogP contribution is -2.38. The van der Waals surface area contributed by atoms with Crippen molar-refractivity contribution in [3.05, 3.63) is 52.2 Å². The van der Waals surface area contributed by atoms with Gasteiger partial charge in [-0.15, -0.1) is 0 Å². The summed E-state index contributed by atoms with van der Waals surface area (Å²) in [6.45, 7) is 4.45. The Balaban J connectivity index is 2.01. The van der Waals surface area contributed by atoms with Crippen LogP contribution in [-0.2, 0) is 13.1 Å². The Morgan fingerprint density at radius 2 is 2.00 bits per heavy atom. The number of guanidine groups is 1. The van der Waals surface area contributed by atoms with Crippen LogP contribution >= 0.6 is 11.3 Å². The van der Waals surface area contributed by atoms with Crippen LogP contribution in [0.3, 0.4) is 0 Å². The van der Waals surface area contributed by atoms with Crippen LogP contribution in [-0.4, -0.2) is 31.6 Å². The number of thiophene rings is 1. The molecule has 22 heavy (non-hydrogen) atoms. The Labute approximate surface area is 136 Å². The van der Waals surface area contributed by atoms with E-state index in [9.17, 15) is 0 Å². The molecule has 0 saturated carbocycles. The van der Waals surface area contributed by atoms with Gasteiger partial charge in [-0.3, -0.25) is 0 Å². The Morgan fingerprint density at radius 3 is 2.59 bits per heavy atom. The molecule has 0 aliphatic carbocycles. The van der Waals surface area contributed by atoms with Crippen molar-refractivity contribution < 1.29 is 4.74 Å². The zero-order valence-electron chi connectivity index (χ0n) is 13.4. The highest BCUT2D eigenvalue weighted by Crippen LogP contribution is 2.13. The van der Waals surface area contributed by atoms with E-state index in [1.165, 1.54) is 11.1 Å². The number of nitrogens with zero attached hydrogens (tertiary/aromatic N) is 2. The fourth-order valence-corrected chi connectivity index (χ4v) is 2.76. The Morgan fingerprint density at radius 1 is 1.23 bits per heavy atom. The second-order valence-corrected chi connectivity index (χ2v) is 5.79. The zero-order valence-corrected chi connectivity index (χ0v) is 14.2. The maximum Gasteiger partial charge on any atom is 0.194 e. The number of hydrogen-bond donors (Lipinski definition) is 1. The van der Waals surface area contributed by atoms with Gasteiger partial charge in [-0.1, -0.05) is 12.1 Å². The fourth-order valence-electron chi connectivity index (χ4n) is 2.10. The Kier molecular flexibility index (Phi) is 6.27. The summed E-state index contributed by atoms with van der Waals surface area (Å²) in [5.41, 5.74) is 2.47. The molecular formula is C17H23N3OS. The number of aliphatic imine (C=N–C) groups is 1. The Hall–Kier alpha value is -2.01. The van der Waals surface area contributed by atoms with Crippen LogP contribution < -0.4 is 10.1 Å². The minimum atomic E-state index is 0.707. The summed E-state index contributed by atoms with van der Waals surface area (Å²) >= 11 is 1.70. The van der Waals surface area contributed by atoms with Gasteiger partial charge < -0.3 is 15.0 Å². The molecule has 0 saturated heterocycles. The van der Waals surface area contributed by atoms with E-state index in [4.69, 9.17) is 9.73 Å². The maximum atomic E-state index is 5.19. The molecule has 0 aliphatic rings. The molecule has 1 heterocycles. The van der Waals surface area contributed by atoms with Gasteiger partial charge in [0.1, 0.15) is 5.75 Å². The van der Waals surface area contributed by atoms with Crippen molar-refractivity contribution in [3.63, 3.8) is 0 Å². The van der Waals surface area contributed by atoms with E-state index in [2.05, 4.69) is 53.1 Å². The van der Waals surface area contributed by atoms with Crippen molar-refractivity contribution in [2.45, 2.75) is 20.0 Å². The van der Waals surface area contributed by atoms with Gasteiger partial charge in [0.05, 0.1) is 13.7 Å². The summed E-state index contributed by atoms with van der Waals surface area (Å²) in [4.78, 5) is 6.84. The summed E-state index contributed by atoms with van der Waals surface area (Å²) in [6.07, 6.45) is 0. The molecule has 1 N–H and O–H groups in total. The quantitative estimate of drug-likeness (QED) is 0.656. The van der Waals surface area contributed by atoms with Gasteiger partial charge in [0.15, 0.2) is 5.96 Å². The lowest BCUT2D eigenvalue weighted by molar-refractivity contribution is 0.414. The fraction of sp³-hybridized carbons (Fsp3) is 0.353. The monoisotopic (exact) mass is 317 g/mol. The number of nitrogens with one attached hydrogen (secondary N) is 1. The van der Waals surface area contributed by atoms with E-state index in [0.717, 1.165) is 24.8 Å². The van der Waals surface area contributed by atoms with Crippen molar-refractivity contribution in [2.24, 2.45) is 4.99 Å². The maximum absolute atomic E-state index is 5.19. The molecule has 5 heteroatoms. The minimum absolute atomic E-state index is 0.707. The molecule has 0 bridgehead atoms. The van der Waals surface area contributed by atoms with Gasteiger partial charge in [-0.25, -0.2) is 4.99 Å². The van der Waals surface area contributed by atoms with E-state index in [1.54, 1.807) is 18.4 Å². The summed E-state index contributed by atoms with van der Waals surface area (Å²) in [6, 6.07) is 10.2. The van der Waals surface area contributed by atoms with Crippen LogP contribution in [0.5, 0.6) is 5.75 Å². The molecule has 0 amide bonds. The highest BCUT2D eigenvalue weighted by atomic mass is 32.1. The smallest absolute Gasteiger partial charge is 0.194 e. The van der Waals surface area contributed by atoms with Crippen molar-refractivity contribution >= 4 is 17.3 Å². The van der Waals surface area contributed by atoms with E-state index < -0.39 is 0 Å². The van der Waals surface area contributed by atoms with Gasteiger partial charge >= 0.3 is 0 Å². The largest absolute Gasteiger partial charge is 0.497 e. The predicted octanol–water partition coefficient (Wildman–Crippen LogP) is 3.35. The van der Waals surface area contributed by atoms with Crippen molar-refractivity contribution in [3.8, 4) is 5.75 Å². The van der Waals surface area contributed by atoms with Crippen LogP contribution in [0.1, 0.15) is 18.1 Å². The van der Waals surface area contributed by atoms with E-state index in [-0.39, 0.29) is 0 Å². The molecule has 2 rings (SSSR count). The first-order chi connectivity index (χ1) is 10.7. The number of hydrogen-bond acceptors (Lipinski definition) is 3. The van der Waals surface area contributed by atoms with Gasteiger partial charge in [0, 0.05) is 20.1 Å². The lowest BCUT2D eigenvalue weighted by atomic mass is 10.2. The number of methoxy groups -OCH3 is 1. The molecule has 4 nitrogen and oxygen atoms in total. The molecule has 0 atom stereocenters. The second-order valence-electron chi connectivity index (χ2n) is 5.01. The Bertz CT molecular complexity index is 578. The first-order valence-corrected chi connectivity index (χ1v) is 8.30. The summed E-state index contributed by atoms with van der Waals surface area (Å²) in [5.74, 6) is 1.80. The van der Waals surface area contributed by atoms with Gasteiger partial charge in [-0.2, -0.15) is 11.3 Å². The average Bonchev–Trinajstić information content (AvgIpc) is 3.05. The molecule has 0 spiro atoms. The molecule has 2 aromatic rings. The predicted molar refractivity (Wildman–Crippen MR) is 93.6 cm³/mol. The van der Waals surface area contributed by atoms with E-state index >= 15 is 0 Å². The molecule has 0 unspecified atom stereocenters. The highest BCUT2D eigenvalue weighted by Gasteiger charge is 2.06. The number of benzene rings is 1. The molecule has 118 valence electrons. The summed E-state index contributed by atoms with van der Waals surface area (Å²) < 4.78 is 5.19. The SMILES string of the molecule is CCNC(=NCc1ccsc1)N(C)Cc1ccc(OC)cc1. The first kappa shape index (κ1) is 16.4. The summed E-state index contributed by atoms with van der Waals surface area (Å²) in [7, 11) is 3.74. The number of ether oxygens (including phenoxy) is 1. The van der Waals surface area contributed by atoms with Gasteiger partial charge in [-0.05, 0) is 47.0 Å². The highest BCUT2D eigenvalue weighted by molar-refractivity contribution is 7.07. The zero-order chi connectivity index (χ0) is 15.8. The van der Waals surface area contributed by atoms with Gasteiger partial charge in [0.2, 0.25) is 0 Å². The third-order valence-electron chi connectivity index (χ3n) is 3.27. The van der Waals surface area contributed by atoms with E-state index in [1.807, 2.05) is 12.1 Å². The molecule has 0 radical (unpaired) electrons.